The van der Waals surface area contributed by atoms with Crippen molar-refractivity contribution in [1.29, 1.82) is 0 Å². The van der Waals surface area contributed by atoms with E-state index in [0.717, 1.165) is 155 Å². The molecule has 0 radical (unpaired) electrons. The first-order valence-corrected chi connectivity index (χ1v) is 50.2. The first kappa shape index (κ1) is 90.9. The van der Waals surface area contributed by atoms with Gasteiger partial charge in [0.05, 0.1) is 16.6 Å². The summed E-state index contributed by atoms with van der Waals surface area (Å²) in [6.07, 6.45) is 5.68. The molecule has 0 unspecified atom stereocenters. The zero-order chi connectivity index (χ0) is 99.8. The maximum absolute atomic E-state index is 5.02. The van der Waals surface area contributed by atoms with Gasteiger partial charge >= 0.3 is 0 Å². The Hall–Kier alpha value is -20.3. The Balaban J connectivity index is 0.000000116. The molecule has 0 atom stereocenters. The van der Waals surface area contributed by atoms with Crippen molar-refractivity contribution in [2.75, 3.05) is 0 Å². The molecule has 0 spiro atoms. The number of hydrogen-bond acceptors (Lipinski definition) is 12. The molecule has 12 nitrogen and oxygen atoms in total. The van der Waals surface area contributed by atoms with Crippen LogP contribution in [0.4, 0.5) is 0 Å². The second-order valence-electron chi connectivity index (χ2n) is 37.0. The molecule has 0 N–H and O–H groups in total. The highest BCUT2D eigenvalue weighted by Crippen LogP contribution is 2.42. The van der Waals surface area contributed by atoms with Crippen molar-refractivity contribution in [3.05, 3.63) is 546 Å². The van der Waals surface area contributed by atoms with Crippen LogP contribution in [0.2, 0.25) is 0 Å². The topological polar surface area (TPSA) is 155 Å². The summed E-state index contributed by atoms with van der Waals surface area (Å²) in [5.41, 5.74) is 32.1. The third-order valence-corrected chi connectivity index (χ3v) is 27.6. The van der Waals surface area contributed by atoms with Gasteiger partial charge in [0.25, 0.3) is 0 Å². The quantitative estimate of drug-likeness (QED) is 0.0751. The fraction of sp³-hybridized carbons (Fsp3) is 0. The lowest BCUT2D eigenvalue weighted by Gasteiger charge is -2.12. The van der Waals surface area contributed by atoms with Gasteiger partial charge < -0.3 is 0 Å². The van der Waals surface area contributed by atoms with Gasteiger partial charge in [-0.1, -0.05) is 485 Å². The summed E-state index contributed by atoms with van der Waals surface area (Å²) in [5.74, 6) is 5.76. The van der Waals surface area contributed by atoms with Gasteiger partial charge in [-0.2, -0.15) is 0 Å². The largest absolute Gasteiger partial charge is 0.256 e. The zero-order valence-electron chi connectivity index (χ0n) is 81.3. The lowest BCUT2D eigenvalue weighted by atomic mass is 9.94. The van der Waals surface area contributed by atoms with Gasteiger partial charge in [-0.05, 0) is 159 Å². The third-order valence-electron chi connectivity index (χ3n) is 27.6. The first-order valence-electron chi connectivity index (χ1n) is 50.2. The van der Waals surface area contributed by atoms with E-state index in [4.69, 9.17) is 49.8 Å². The van der Waals surface area contributed by atoms with Gasteiger partial charge in [-0.25, -0.2) is 44.9 Å². The molecule has 27 rings (SSSR count). The Morgan fingerprint density at radius 3 is 0.747 bits per heavy atom. The molecule has 21 aromatic carbocycles. The highest BCUT2D eigenvalue weighted by molar-refractivity contribution is 6.13. The van der Waals surface area contributed by atoms with E-state index in [1.165, 1.54) is 60.5 Å². The van der Waals surface area contributed by atoms with Gasteiger partial charge in [0, 0.05) is 101 Å². The van der Waals surface area contributed by atoms with Crippen molar-refractivity contribution in [3.8, 4) is 203 Å². The normalized spacial score (nSPS) is 11.2. The van der Waals surface area contributed by atoms with Crippen LogP contribution < -0.4 is 0 Å². The van der Waals surface area contributed by atoms with Gasteiger partial charge in [0.1, 0.15) is 0 Å². The molecule has 0 bridgehead atoms. The molecule has 150 heavy (non-hydrogen) atoms. The van der Waals surface area contributed by atoms with Crippen LogP contribution in [0.25, 0.3) is 268 Å². The molecule has 702 valence electrons. The van der Waals surface area contributed by atoms with Gasteiger partial charge in [-0.15, -0.1) is 0 Å². The van der Waals surface area contributed by atoms with E-state index in [-0.39, 0.29) is 0 Å². The van der Waals surface area contributed by atoms with Crippen molar-refractivity contribution in [2.45, 2.75) is 0 Å². The number of nitrogens with zero attached hydrogens (tertiary/aromatic N) is 12. The molecule has 0 amide bonds. The molecule has 0 fully saturated rings. The van der Waals surface area contributed by atoms with Crippen LogP contribution in [-0.4, -0.2) is 59.8 Å². The smallest absolute Gasteiger partial charge is 0.164 e. The van der Waals surface area contributed by atoms with Crippen molar-refractivity contribution in [2.24, 2.45) is 0 Å². The van der Waals surface area contributed by atoms with Gasteiger partial charge in [-0.3, -0.25) is 15.0 Å². The Kier molecular flexibility index (Phi) is 25.0. The Bertz CT molecular complexity index is 9590. The lowest BCUT2D eigenvalue weighted by molar-refractivity contribution is 1.07. The molecule has 0 aliphatic rings. The maximum atomic E-state index is 5.02. The van der Waals surface area contributed by atoms with Crippen molar-refractivity contribution in [1.82, 2.24) is 59.8 Å². The van der Waals surface area contributed by atoms with Crippen molar-refractivity contribution >= 4 is 65.0 Å². The maximum Gasteiger partial charge on any atom is 0.164 e. The predicted octanol–water partition coefficient (Wildman–Crippen LogP) is 34.7. The average Bonchev–Trinajstić information content (AvgIpc) is 0.756. The summed E-state index contributed by atoms with van der Waals surface area (Å²) in [4.78, 5) is 58.9. The van der Waals surface area contributed by atoms with E-state index in [1.807, 2.05) is 140 Å². The molecular formula is C138H90N12. The zero-order valence-corrected chi connectivity index (χ0v) is 81.3. The highest BCUT2D eigenvalue weighted by atomic mass is 15.1. The van der Waals surface area contributed by atoms with Crippen LogP contribution in [0.3, 0.4) is 0 Å². The van der Waals surface area contributed by atoms with Crippen LogP contribution >= 0.6 is 0 Å². The molecule has 0 aliphatic carbocycles. The number of fused-ring (bicyclic) bond motifs is 9. The second-order valence-corrected chi connectivity index (χ2v) is 37.0. The molecule has 0 saturated heterocycles. The van der Waals surface area contributed by atoms with Crippen LogP contribution in [-0.2, 0) is 0 Å². The minimum absolute atomic E-state index is 0.635. The van der Waals surface area contributed by atoms with Crippen molar-refractivity contribution < 1.29 is 0 Å². The Morgan fingerprint density at radius 1 is 0.113 bits per heavy atom. The van der Waals surface area contributed by atoms with E-state index in [2.05, 4.69) is 416 Å². The van der Waals surface area contributed by atoms with E-state index < -0.39 is 0 Å². The molecule has 6 aromatic heterocycles. The molecule has 12 heteroatoms. The average molecular weight is 1920 g/mol. The predicted molar refractivity (Wildman–Crippen MR) is 616 cm³/mol. The summed E-state index contributed by atoms with van der Waals surface area (Å²) in [7, 11) is 0. The standard InChI is InChI=1S/3C46H30N4/c1-3-10-31(11-4-1)32-21-25-37(26-22-32)45-48-44(36-12-5-2-6-13-36)49-46(50-45)39-15-7-14-38(30-39)33-19-23-34(24-20-33)40-17-8-18-42-41(40)28-27-35-16-9-29-47-43(35)42;1-3-11-31(12-4-1)32-22-26-36(27-23-32)45-48-44(35-13-5-2-6-14-35)49-46(50-45)39-16-9-15-37(29-39)33-20-24-34(25-21-33)42-30-38-17-10-28-47-43(38)41-19-8-7-18-40(41)42;1-3-10-31(11-4-1)32-22-24-36(25-23-32)45-48-44(35-12-5-2-6-13-35)49-46(50-45)39-16-9-15-37(28-39)33-18-20-34(21-19-33)38-26-27-42-41-17-8-7-14-40(41)30-47-43(42)29-38/h3*1-30H. The Morgan fingerprint density at radius 2 is 0.353 bits per heavy atom. The summed E-state index contributed by atoms with van der Waals surface area (Å²) in [6, 6.07) is 183. The van der Waals surface area contributed by atoms with Crippen molar-refractivity contribution in [3.63, 3.8) is 0 Å². The molecule has 0 saturated carbocycles. The SMILES string of the molecule is c1ccc(-c2ccc(-c3nc(-c4ccccc4)nc(-c4cccc(-c5ccc(-c6cc7cccnc7c7ccccc67)cc5)c4)n3)cc2)cc1.c1ccc(-c2ccc(-c3nc(-c4ccccc4)nc(-c4cccc(-c5ccc(-c6ccc7c(c6)ncc6ccccc67)cc5)c4)n3)cc2)cc1.c1ccc(-c2ccc(-c3nc(-c4ccccc4)nc(-c4cccc(-c5ccc(-c6cccc7c6ccc6cccnc67)cc5)c4)n3)cc2)cc1. The van der Waals surface area contributed by atoms with Gasteiger partial charge in [0.15, 0.2) is 52.4 Å². The minimum Gasteiger partial charge on any atom is -0.256 e. The van der Waals surface area contributed by atoms with Crippen LogP contribution in [0, 0.1) is 0 Å². The van der Waals surface area contributed by atoms with E-state index in [0.29, 0.717) is 52.4 Å². The highest BCUT2D eigenvalue weighted by Gasteiger charge is 2.22. The van der Waals surface area contributed by atoms with Crippen LogP contribution in [0.5, 0.6) is 0 Å². The molecule has 0 aliphatic heterocycles. The summed E-state index contributed by atoms with van der Waals surface area (Å²) >= 11 is 0. The van der Waals surface area contributed by atoms with E-state index in [1.54, 1.807) is 0 Å². The fourth-order valence-electron chi connectivity index (χ4n) is 19.8. The molecule has 27 aromatic rings. The number of pyridine rings is 3. The van der Waals surface area contributed by atoms with E-state index >= 15 is 0 Å². The van der Waals surface area contributed by atoms with Gasteiger partial charge in [0.2, 0.25) is 0 Å². The van der Waals surface area contributed by atoms with Crippen LogP contribution in [0.15, 0.2) is 546 Å². The lowest BCUT2D eigenvalue weighted by Crippen LogP contribution is -2.00. The first-order chi connectivity index (χ1) is 74.3. The second kappa shape index (κ2) is 41.2. The monoisotopic (exact) mass is 1910 g/mol. The third kappa shape index (κ3) is 19.2. The molecular weight excluding hydrogens is 1830 g/mol. The summed E-state index contributed by atoms with van der Waals surface area (Å²) in [6.45, 7) is 0. The van der Waals surface area contributed by atoms with Crippen LogP contribution in [0.1, 0.15) is 0 Å². The summed E-state index contributed by atoms with van der Waals surface area (Å²) < 4.78 is 0. The minimum atomic E-state index is 0.635. The number of hydrogen-bond donors (Lipinski definition) is 0. The number of benzene rings is 21. The molecule has 6 heterocycles. The summed E-state index contributed by atoms with van der Waals surface area (Å²) in [5, 5.41) is 10.5. The fourth-order valence-corrected chi connectivity index (χ4v) is 19.8. The Labute approximate surface area is 867 Å². The number of rotatable bonds is 18. The number of aromatic nitrogens is 12. The van der Waals surface area contributed by atoms with E-state index in [9.17, 15) is 0 Å².